The molecule has 1 N–H and O–H groups in total. The zero-order valence-corrected chi connectivity index (χ0v) is 14.6. The monoisotopic (exact) mass is 371 g/mol. The molecule has 0 unspecified atom stereocenters. The van der Waals surface area contributed by atoms with E-state index < -0.39 is 23.8 Å². The third-order valence-electron chi connectivity index (χ3n) is 3.78. The van der Waals surface area contributed by atoms with Crippen molar-refractivity contribution >= 4 is 23.6 Å². The highest BCUT2D eigenvalue weighted by atomic mass is 19.1. The van der Waals surface area contributed by atoms with Gasteiger partial charge in [0.25, 0.3) is 5.91 Å². The number of carbonyl (C=O) groups is 2. The van der Waals surface area contributed by atoms with Gasteiger partial charge < -0.3 is 19.5 Å². The molecule has 0 radical (unpaired) electrons. The molecule has 0 aliphatic carbocycles. The van der Waals surface area contributed by atoms with E-state index in [1.165, 1.54) is 25.1 Å². The fourth-order valence-electron chi connectivity index (χ4n) is 2.40. The molecule has 27 heavy (non-hydrogen) atoms. The Kier molecular flexibility index (Phi) is 5.71. The minimum Gasteiger partial charge on any atom is -0.486 e. The molecule has 0 bridgehead atoms. The molecule has 1 heterocycles. The normalized spacial score (nSPS) is 13.9. The summed E-state index contributed by atoms with van der Waals surface area (Å²) in [6, 6.07) is 11.0. The Balaban J connectivity index is 1.56. The third-order valence-corrected chi connectivity index (χ3v) is 3.78. The number of benzene rings is 2. The van der Waals surface area contributed by atoms with Gasteiger partial charge in [-0.05, 0) is 31.2 Å². The molecule has 2 aromatic carbocycles. The summed E-state index contributed by atoms with van der Waals surface area (Å²) in [7, 11) is 0. The van der Waals surface area contributed by atoms with Gasteiger partial charge in [0.15, 0.2) is 17.6 Å². The van der Waals surface area contributed by atoms with Crippen LogP contribution in [0.2, 0.25) is 0 Å². The summed E-state index contributed by atoms with van der Waals surface area (Å²) in [5, 5.41) is 2.64. The number of hydrogen-bond donors (Lipinski definition) is 1. The van der Waals surface area contributed by atoms with Gasteiger partial charge in [0.2, 0.25) is 0 Å². The highest BCUT2D eigenvalue weighted by molar-refractivity contribution is 5.96. The molecule has 0 fully saturated rings. The largest absolute Gasteiger partial charge is 0.486 e. The van der Waals surface area contributed by atoms with Crippen LogP contribution in [0.3, 0.4) is 0 Å². The fraction of sp³-hybridized carbons (Fsp3) is 0.200. The second kappa shape index (κ2) is 8.35. The first-order valence-electron chi connectivity index (χ1n) is 8.36. The van der Waals surface area contributed by atoms with Gasteiger partial charge in [-0.15, -0.1) is 0 Å². The van der Waals surface area contributed by atoms with E-state index in [1.807, 2.05) is 0 Å². The lowest BCUT2D eigenvalue weighted by Gasteiger charge is -2.19. The molecule has 0 spiro atoms. The van der Waals surface area contributed by atoms with E-state index >= 15 is 0 Å². The predicted molar refractivity (Wildman–Crippen MR) is 97.0 cm³/mol. The van der Waals surface area contributed by atoms with Crippen molar-refractivity contribution in [1.29, 1.82) is 0 Å². The van der Waals surface area contributed by atoms with Crippen molar-refractivity contribution < 1.29 is 28.2 Å². The lowest BCUT2D eigenvalue weighted by atomic mass is 10.2. The van der Waals surface area contributed by atoms with E-state index in [2.05, 4.69) is 5.32 Å². The Labute approximate surface area is 155 Å². The van der Waals surface area contributed by atoms with Gasteiger partial charge in [0.05, 0.1) is 0 Å². The van der Waals surface area contributed by atoms with Crippen molar-refractivity contribution in [3.05, 3.63) is 59.9 Å². The molecule has 0 aromatic heterocycles. The van der Waals surface area contributed by atoms with Crippen molar-refractivity contribution in [1.82, 2.24) is 0 Å². The van der Waals surface area contributed by atoms with Crippen LogP contribution in [0.1, 0.15) is 12.5 Å². The number of esters is 1. The summed E-state index contributed by atoms with van der Waals surface area (Å²) in [4.78, 5) is 24.0. The van der Waals surface area contributed by atoms with E-state index in [4.69, 9.17) is 14.2 Å². The molecule has 2 aromatic rings. The number of amides is 1. The summed E-state index contributed by atoms with van der Waals surface area (Å²) in [6.07, 6.45) is 1.34. The maximum Gasteiger partial charge on any atom is 0.331 e. The smallest absolute Gasteiger partial charge is 0.331 e. The minimum absolute atomic E-state index is 0.253. The van der Waals surface area contributed by atoms with Crippen LogP contribution in [0.15, 0.2) is 48.5 Å². The summed E-state index contributed by atoms with van der Waals surface area (Å²) in [5.41, 5.74) is 0.747. The molecule has 1 aliphatic heterocycles. The molecular formula is C20H18FNO5. The second-order valence-corrected chi connectivity index (χ2v) is 5.78. The molecule has 0 saturated carbocycles. The Bertz CT molecular complexity index is 880. The number of fused-ring (bicyclic) bond motifs is 1. The molecule has 0 saturated heterocycles. The topological polar surface area (TPSA) is 73.9 Å². The van der Waals surface area contributed by atoms with Crippen molar-refractivity contribution in [2.24, 2.45) is 0 Å². The summed E-state index contributed by atoms with van der Waals surface area (Å²) in [6.45, 7) is 2.36. The van der Waals surface area contributed by atoms with Crippen LogP contribution in [0, 0.1) is 5.82 Å². The highest BCUT2D eigenvalue weighted by Gasteiger charge is 2.18. The zero-order chi connectivity index (χ0) is 19.2. The Morgan fingerprint density at radius 1 is 1.15 bits per heavy atom. The van der Waals surface area contributed by atoms with Gasteiger partial charge in [-0.2, -0.15) is 0 Å². The standard InChI is InChI=1S/C20H18FNO5/c1-13(27-19(23)9-6-14-4-2-3-5-16(14)21)20(24)22-15-7-8-17-18(12-15)26-11-10-25-17/h2-9,12-13H,10-11H2,1H3,(H,22,24)/t13-/m1/s1. The van der Waals surface area contributed by atoms with E-state index in [-0.39, 0.29) is 5.56 Å². The molecule has 140 valence electrons. The molecule has 6 nitrogen and oxygen atoms in total. The number of anilines is 1. The summed E-state index contributed by atoms with van der Waals surface area (Å²) >= 11 is 0. The third kappa shape index (κ3) is 4.84. The Morgan fingerprint density at radius 3 is 2.67 bits per heavy atom. The van der Waals surface area contributed by atoms with Crippen molar-refractivity contribution in [2.75, 3.05) is 18.5 Å². The van der Waals surface area contributed by atoms with Gasteiger partial charge in [-0.3, -0.25) is 4.79 Å². The SMILES string of the molecule is C[C@@H](OC(=O)C=Cc1ccccc1F)C(=O)Nc1ccc2c(c1)OCCO2. The summed E-state index contributed by atoms with van der Waals surface area (Å²) in [5.74, 6) is -0.554. The minimum atomic E-state index is -1.03. The number of carbonyl (C=O) groups excluding carboxylic acids is 2. The average Bonchev–Trinajstić information content (AvgIpc) is 2.67. The molecule has 1 amide bonds. The number of rotatable bonds is 5. The maximum absolute atomic E-state index is 13.5. The molecular weight excluding hydrogens is 353 g/mol. The number of halogens is 1. The average molecular weight is 371 g/mol. The highest BCUT2D eigenvalue weighted by Crippen LogP contribution is 2.32. The molecule has 7 heteroatoms. The number of ether oxygens (including phenoxy) is 3. The van der Waals surface area contributed by atoms with Crippen LogP contribution >= 0.6 is 0 Å². The summed E-state index contributed by atoms with van der Waals surface area (Å²) < 4.78 is 29.4. The Hall–Kier alpha value is -3.35. The van der Waals surface area contributed by atoms with Crippen LogP contribution in [0.4, 0.5) is 10.1 Å². The van der Waals surface area contributed by atoms with Crippen LogP contribution in [-0.2, 0) is 14.3 Å². The van der Waals surface area contributed by atoms with Crippen LogP contribution < -0.4 is 14.8 Å². The maximum atomic E-state index is 13.5. The molecule has 1 aliphatic rings. The van der Waals surface area contributed by atoms with Crippen LogP contribution in [-0.4, -0.2) is 31.2 Å². The quantitative estimate of drug-likeness (QED) is 0.646. The van der Waals surface area contributed by atoms with Crippen LogP contribution in [0.25, 0.3) is 6.08 Å². The van der Waals surface area contributed by atoms with E-state index in [9.17, 15) is 14.0 Å². The van der Waals surface area contributed by atoms with E-state index in [0.29, 0.717) is 30.4 Å². The Morgan fingerprint density at radius 2 is 1.89 bits per heavy atom. The second-order valence-electron chi connectivity index (χ2n) is 5.78. The lowest BCUT2D eigenvalue weighted by Crippen LogP contribution is -2.29. The van der Waals surface area contributed by atoms with Gasteiger partial charge in [-0.25, -0.2) is 9.18 Å². The van der Waals surface area contributed by atoms with Crippen molar-refractivity contribution in [3.63, 3.8) is 0 Å². The fourth-order valence-corrected chi connectivity index (χ4v) is 2.40. The van der Waals surface area contributed by atoms with E-state index in [0.717, 1.165) is 6.08 Å². The first-order chi connectivity index (χ1) is 13.0. The molecule has 3 rings (SSSR count). The first kappa shape index (κ1) is 18.4. The van der Waals surface area contributed by atoms with Crippen molar-refractivity contribution in [2.45, 2.75) is 13.0 Å². The number of hydrogen-bond acceptors (Lipinski definition) is 5. The van der Waals surface area contributed by atoms with Gasteiger partial charge in [0.1, 0.15) is 19.0 Å². The lowest BCUT2D eigenvalue weighted by molar-refractivity contribution is -0.148. The zero-order valence-electron chi connectivity index (χ0n) is 14.6. The first-order valence-corrected chi connectivity index (χ1v) is 8.36. The van der Waals surface area contributed by atoms with Gasteiger partial charge in [0, 0.05) is 23.4 Å². The number of nitrogens with one attached hydrogen (secondary N) is 1. The van der Waals surface area contributed by atoms with Gasteiger partial charge >= 0.3 is 5.97 Å². The van der Waals surface area contributed by atoms with Gasteiger partial charge in [-0.1, -0.05) is 18.2 Å². The van der Waals surface area contributed by atoms with Crippen LogP contribution in [0.5, 0.6) is 11.5 Å². The van der Waals surface area contributed by atoms with Crippen molar-refractivity contribution in [3.8, 4) is 11.5 Å². The predicted octanol–water partition coefficient (Wildman–Crippen LogP) is 3.18. The van der Waals surface area contributed by atoms with E-state index in [1.54, 1.807) is 30.3 Å². The molecule has 1 atom stereocenters.